The van der Waals surface area contributed by atoms with E-state index < -0.39 is 5.60 Å². The van der Waals surface area contributed by atoms with Crippen molar-refractivity contribution in [1.29, 1.82) is 0 Å². The van der Waals surface area contributed by atoms with Gasteiger partial charge in [-0.1, -0.05) is 50.1 Å². The van der Waals surface area contributed by atoms with Gasteiger partial charge in [0.15, 0.2) is 0 Å². The second-order valence-corrected chi connectivity index (χ2v) is 10.8. The van der Waals surface area contributed by atoms with Crippen LogP contribution >= 0.6 is 0 Å². The van der Waals surface area contributed by atoms with Gasteiger partial charge in [-0.05, 0) is 46.0 Å². The molecule has 1 aliphatic heterocycles. The van der Waals surface area contributed by atoms with Gasteiger partial charge in [-0.2, -0.15) is 4.98 Å². The van der Waals surface area contributed by atoms with Crippen LogP contribution in [0.1, 0.15) is 103 Å². The molecule has 0 N–H and O–H groups in total. The second-order valence-electron chi connectivity index (χ2n) is 10.8. The molecule has 2 aliphatic rings. The number of ether oxygens (including phenoxy) is 1. The molecule has 0 spiro atoms. The molecule has 1 saturated heterocycles. The minimum absolute atomic E-state index is 0.158. The van der Waals surface area contributed by atoms with Gasteiger partial charge in [0, 0.05) is 19.0 Å². The van der Waals surface area contributed by atoms with Gasteiger partial charge in [-0.3, -0.25) is 9.78 Å². The molecular weight excluding hydrogens is 430 g/mol. The molecular formula is C26H39N5O3. The van der Waals surface area contributed by atoms with E-state index in [1.165, 1.54) is 51.4 Å². The Morgan fingerprint density at radius 3 is 2.62 bits per heavy atom. The molecule has 0 unspecified atom stereocenters. The molecule has 8 heteroatoms. The fourth-order valence-electron chi connectivity index (χ4n) is 5.09. The molecule has 2 aromatic heterocycles. The van der Waals surface area contributed by atoms with Gasteiger partial charge in [0.05, 0.1) is 18.8 Å². The van der Waals surface area contributed by atoms with Crippen LogP contribution in [-0.4, -0.2) is 44.8 Å². The van der Waals surface area contributed by atoms with E-state index in [-0.39, 0.29) is 18.3 Å². The summed E-state index contributed by atoms with van der Waals surface area (Å²) >= 11 is 0. The number of hydrogen-bond acceptors (Lipinski definition) is 8. The molecule has 2 aromatic rings. The average Bonchev–Trinajstić information content (AvgIpc) is 3.51. The average molecular weight is 470 g/mol. The third-order valence-electron chi connectivity index (χ3n) is 6.79. The maximum Gasteiger partial charge on any atom is 0.307 e. The normalized spacial score (nSPS) is 18.3. The van der Waals surface area contributed by atoms with E-state index >= 15 is 0 Å². The SMILES string of the molecule is CC(C)(C)OC(=O)C[C@@H](CCCC1CCCCC1)c1nc(-c2cncc(N3CCCC3)n2)no1. The van der Waals surface area contributed by atoms with Crippen molar-refractivity contribution in [2.75, 3.05) is 18.0 Å². The summed E-state index contributed by atoms with van der Waals surface area (Å²) in [5, 5.41) is 4.20. The molecule has 8 nitrogen and oxygen atoms in total. The van der Waals surface area contributed by atoms with Crippen LogP contribution in [0.5, 0.6) is 0 Å². The molecule has 186 valence electrons. The zero-order chi connectivity index (χ0) is 24.0. The first-order chi connectivity index (χ1) is 16.4. The Bertz CT molecular complexity index is 927. The predicted molar refractivity (Wildman–Crippen MR) is 130 cm³/mol. The fraction of sp³-hybridized carbons (Fsp3) is 0.731. The molecule has 2 fully saturated rings. The Labute approximate surface area is 202 Å². The van der Waals surface area contributed by atoms with Gasteiger partial charge in [0.2, 0.25) is 11.7 Å². The summed E-state index contributed by atoms with van der Waals surface area (Å²) in [6.07, 6.45) is 15.8. The van der Waals surface area contributed by atoms with E-state index in [0.717, 1.165) is 37.7 Å². The van der Waals surface area contributed by atoms with Crippen LogP contribution in [-0.2, 0) is 9.53 Å². The van der Waals surface area contributed by atoms with E-state index in [9.17, 15) is 4.79 Å². The highest BCUT2D eigenvalue weighted by Gasteiger charge is 2.27. The van der Waals surface area contributed by atoms with Crippen LogP contribution in [0.3, 0.4) is 0 Å². The molecule has 0 aromatic carbocycles. The zero-order valence-corrected chi connectivity index (χ0v) is 21.0. The maximum absolute atomic E-state index is 12.6. The Kier molecular flexibility index (Phi) is 8.16. The smallest absolute Gasteiger partial charge is 0.307 e. The van der Waals surface area contributed by atoms with Crippen LogP contribution in [0.15, 0.2) is 16.9 Å². The third-order valence-corrected chi connectivity index (χ3v) is 6.79. The van der Waals surface area contributed by atoms with E-state index in [1.54, 1.807) is 12.4 Å². The number of esters is 1. The fourth-order valence-corrected chi connectivity index (χ4v) is 5.09. The molecule has 0 radical (unpaired) electrons. The quantitative estimate of drug-likeness (QED) is 0.432. The highest BCUT2D eigenvalue weighted by Crippen LogP contribution is 2.32. The Morgan fingerprint density at radius 1 is 1.12 bits per heavy atom. The van der Waals surface area contributed by atoms with E-state index in [2.05, 4.69) is 20.0 Å². The van der Waals surface area contributed by atoms with Gasteiger partial charge < -0.3 is 14.2 Å². The summed E-state index contributed by atoms with van der Waals surface area (Å²) in [5.74, 6) is 2.17. The van der Waals surface area contributed by atoms with Crippen molar-refractivity contribution in [2.45, 2.75) is 103 Å². The van der Waals surface area contributed by atoms with Crippen LogP contribution in [0.2, 0.25) is 0 Å². The lowest BCUT2D eigenvalue weighted by Gasteiger charge is -2.23. The molecule has 4 rings (SSSR count). The minimum atomic E-state index is -0.519. The Hall–Kier alpha value is -2.51. The summed E-state index contributed by atoms with van der Waals surface area (Å²) in [5.41, 5.74) is 0.0765. The highest BCUT2D eigenvalue weighted by atomic mass is 16.6. The molecule has 0 bridgehead atoms. The first-order valence-electron chi connectivity index (χ1n) is 13.0. The molecule has 1 atom stereocenters. The molecule has 34 heavy (non-hydrogen) atoms. The van der Waals surface area contributed by atoms with Crippen molar-refractivity contribution < 1.29 is 14.1 Å². The lowest BCUT2D eigenvalue weighted by Crippen LogP contribution is -2.25. The molecule has 1 aliphatic carbocycles. The van der Waals surface area contributed by atoms with Crippen molar-refractivity contribution in [1.82, 2.24) is 20.1 Å². The third kappa shape index (κ3) is 7.00. The van der Waals surface area contributed by atoms with Crippen LogP contribution in [0.25, 0.3) is 11.5 Å². The number of carbonyl (C=O) groups excluding carboxylic acids is 1. The summed E-state index contributed by atoms with van der Waals surface area (Å²) in [6.45, 7) is 7.66. The summed E-state index contributed by atoms with van der Waals surface area (Å²) in [7, 11) is 0. The lowest BCUT2D eigenvalue weighted by molar-refractivity contribution is -0.155. The van der Waals surface area contributed by atoms with Gasteiger partial charge in [-0.15, -0.1) is 0 Å². The Morgan fingerprint density at radius 2 is 1.88 bits per heavy atom. The first kappa shape index (κ1) is 24.6. The number of aromatic nitrogens is 4. The van der Waals surface area contributed by atoms with Crippen LogP contribution in [0.4, 0.5) is 5.82 Å². The van der Waals surface area contributed by atoms with Crippen molar-refractivity contribution in [3.8, 4) is 11.5 Å². The van der Waals surface area contributed by atoms with Gasteiger partial charge in [0.1, 0.15) is 17.1 Å². The van der Waals surface area contributed by atoms with Crippen molar-refractivity contribution in [3.05, 3.63) is 18.3 Å². The zero-order valence-electron chi connectivity index (χ0n) is 21.0. The first-order valence-corrected chi connectivity index (χ1v) is 13.0. The predicted octanol–water partition coefficient (Wildman–Crippen LogP) is 5.69. The molecule has 0 amide bonds. The summed E-state index contributed by atoms with van der Waals surface area (Å²) in [6, 6.07) is 0. The van der Waals surface area contributed by atoms with E-state index in [1.807, 2.05) is 20.8 Å². The second kappa shape index (κ2) is 11.3. The van der Waals surface area contributed by atoms with E-state index in [0.29, 0.717) is 17.4 Å². The van der Waals surface area contributed by atoms with Crippen LogP contribution < -0.4 is 4.90 Å². The lowest BCUT2D eigenvalue weighted by atomic mass is 9.84. The summed E-state index contributed by atoms with van der Waals surface area (Å²) < 4.78 is 11.3. The topological polar surface area (TPSA) is 94.2 Å². The number of hydrogen-bond donors (Lipinski definition) is 0. The van der Waals surface area contributed by atoms with Gasteiger partial charge in [-0.25, -0.2) is 4.98 Å². The number of carbonyl (C=O) groups is 1. The van der Waals surface area contributed by atoms with Crippen molar-refractivity contribution >= 4 is 11.8 Å². The molecule has 3 heterocycles. The number of rotatable bonds is 9. The van der Waals surface area contributed by atoms with Gasteiger partial charge >= 0.3 is 5.97 Å². The highest BCUT2D eigenvalue weighted by molar-refractivity contribution is 5.70. The van der Waals surface area contributed by atoms with Crippen molar-refractivity contribution in [2.24, 2.45) is 5.92 Å². The van der Waals surface area contributed by atoms with E-state index in [4.69, 9.17) is 14.2 Å². The number of anilines is 1. The Balaban J connectivity index is 1.45. The maximum atomic E-state index is 12.6. The summed E-state index contributed by atoms with van der Waals surface area (Å²) in [4.78, 5) is 28.6. The monoisotopic (exact) mass is 469 g/mol. The van der Waals surface area contributed by atoms with Gasteiger partial charge in [0.25, 0.3) is 0 Å². The van der Waals surface area contributed by atoms with Crippen molar-refractivity contribution in [3.63, 3.8) is 0 Å². The van der Waals surface area contributed by atoms with Crippen LogP contribution in [0, 0.1) is 5.92 Å². The number of nitrogens with zero attached hydrogens (tertiary/aromatic N) is 5. The molecule has 1 saturated carbocycles. The largest absolute Gasteiger partial charge is 0.460 e. The standard InChI is InChI=1S/C26H39N5O3/c1-26(2,3)33-23(32)16-20(13-9-12-19-10-5-4-6-11-19)25-29-24(30-34-25)21-17-27-18-22(28-21)31-14-7-8-15-31/h17-20H,4-16H2,1-3H3/t20-/m1/s1. The minimum Gasteiger partial charge on any atom is -0.460 e.